The molecule has 154 valence electrons. The number of anilines is 2. The van der Waals surface area contributed by atoms with Crippen molar-refractivity contribution in [3.63, 3.8) is 0 Å². The second-order valence-electron chi connectivity index (χ2n) is 7.22. The minimum absolute atomic E-state index is 0.0227. The molecule has 0 spiro atoms. The van der Waals surface area contributed by atoms with Gasteiger partial charge in [0.25, 0.3) is 11.8 Å². The average molecular weight is 411 g/mol. The standard InChI is InChI=1S/C22H19F2N3O3/c1-13(28)25-15-6-4-14(5-7-15)19-20(26-10-2-3-11-26)22(30)27(21(19)29)16-8-9-17(23)18(24)12-16/h4-9,12H,2-3,10-11H2,1H3,(H,25,28). The van der Waals surface area contributed by atoms with Gasteiger partial charge in [-0.15, -0.1) is 0 Å². The monoisotopic (exact) mass is 411 g/mol. The lowest BCUT2D eigenvalue weighted by molar-refractivity contribution is -0.120. The first-order valence-corrected chi connectivity index (χ1v) is 9.58. The van der Waals surface area contributed by atoms with E-state index in [-0.39, 0.29) is 22.9 Å². The van der Waals surface area contributed by atoms with Gasteiger partial charge in [-0.25, -0.2) is 13.7 Å². The molecule has 1 N–H and O–H groups in total. The molecule has 0 bridgehead atoms. The largest absolute Gasteiger partial charge is 0.366 e. The van der Waals surface area contributed by atoms with E-state index in [0.717, 1.165) is 29.9 Å². The number of hydrogen-bond acceptors (Lipinski definition) is 4. The highest BCUT2D eigenvalue weighted by Crippen LogP contribution is 2.36. The van der Waals surface area contributed by atoms with Crippen molar-refractivity contribution < 1.29 is 23.2 Å². The molecule has 30 heavy (non-hydrogen) atoms. The van der Waals surface area contributed by atoms with Gasteiger partial charge in [-0.3, -0.25) is 14.4 Å². The van der Waals surface area contributed by atoms with E-state index in [0.29, 0.717) is 24.3 Å². The van der Waals surface area contributed by atoms with Crippen molar-refractivity contribution >= 4 is 34.7 Å². The van der Waals surface area contributed by atoms with Crippen LogP contribution in [0.3, 0.4) is 0 Å². The third-order valence-corrected chi connectivity index (χ3v) is 5.14. The predicted molar refractivity (Wildman–Crippen MR) is 107 cm³/mol. The predicted octanol–water partition coefficient (Wildman–Crippen LogP) is 3.30. The summed E-state index contributed by atoms with van der Waals surface area (Å²) in [6.07, 6.45) is 1.79. The van der Waals surface area contributed by atoms with Crippen LogP contribution in [0, 0.1) is 11.6 Å². The Bertz CT molecular complexity index is 1070. The number of nitrogens with zero attached hydrogens (tertiary/aromatic N) is 2. The summed E-state index contributed by atoms with van der Waals surface area (Å²) in [6, 6.07) is 9.52. The molecule has 0 aromatic heterocycles. The second-order valence-corrected chi connectivity index (χ2v) is 7.22. The van der Waals surface area contributed by atoms with Crippen molar-refractivity contribution in [2.24, 2.45) is 0 Å². The number of carbonyl (C=O) groups excluding carboxylic acids is 3. The number of halogens is 2. The zero-order valence-electron chi connectivity index (χ0n) is 16.2. The van der Waals surface area contributed by atoms with Crippen LogP contribution in [-0.4, -0.2) is 35.7 Å². The highest BCUT2D eigenvalue weighted by Gasteiger charge is 2.43. The van der Waals surface area contributed by atoms with Crippen molar-refractivity contribution in [2.75, 3.05) is 23.3 Å². The molecule has 1 saturated heterocycles. The molecule has 3 amide bonds. The van der Waals surface area contributed by atoms with Gasteiger partial charge in [-0.05, 0) is 42.7 Å². The van der Waals surface area contributed by atoms with Gasteiger partial charge < -0.3 is 10.2 Å². The van der Waals surface area contributed by atoms with Crippen LogP contribution in [0.4, 0.5) is 20.2 Å². The summed E-state index contributed by atoms with van der Waals surface area (Å²) in [5, 5.41) is 2.65. The fraction of sp³-hybridized carbons (Fsp3) is 0.227. The number of carbonyl (C=O) groups is 3. The number of hydrogen-bond donors (Lipinski definition) is 1. The number of nitrogens with one attached hydrogen (secondary N) is 1. The van der Waals surface area contributed by atoms with Gasteiger partial charge in [0.1, 0.15) is 5.70 Å². The molecular formula is C22H19F2N3O3. The van der Waals surface area contributed by atoms with Gasteiger partial charge in [0.05, 0.1) is 11.3 Å². The SMILES string of the molecule is CC(=O)Nc1ccc(C2=C(N3CCCC3)C(=O)N(c3ccc(F)c(F)c3)C2=O)cc1. The van der Waals surface area contributed by atoms with E-state index in [1.54, 1.807) is 24.3 Å². The number of amides is 3. The molecule has 2 heterocycles. The fourth-order valence-electron chi connectivity index (χ4n) is 3.79. The lowest BCUT2D eigenvalue weighted by atomic mass is 10.0. The van der Waals surface area contributed by atoms with Crippen molar-refractivity contribution in [2.45, 2.75) is 19.8 Å². The number of benzene rings is 2. The van der Waals surface area contributed by atoms with Crippen LogP contribution in [0.5, 0.6) is 0 Å². The van der Waals surface area contributed by atoms with E-state index in [4.69, 9.17) is 0 Å². The average Bonchev–Trinajstić information content (AvgIpc) is 3.31. The molecule has 2 aromatic carbocycles. The van der Waals surface area contributed by atoms with Crippen LogP contribution in [0.15, 0.2) is 48.2 Å². The Balaban J connectivity index is 1.77. The molecule has 4 rings (SSSR count). The van der Waals surface area contributed by atoms with E-state index in [2.05, 4.69) is 5.32 Å². The highest BCUT2D eigenvalue weighted by atomic mass is 19.2. The first-order valence-electron chi connectivity index (χ1n) is 9.58. The smallest absolute Gasteiger partial charge is 0.282 e. The molecule has 2 aromatic rings. The third kappa shape index (κ3) is 3.45. The normalized spacial score (nSPS) is 16.6. The Morgan fingerprint density at radius 1 is 0.933 bits per heavy atom. The molecule has 0 saturated carbocycles. The Hall–Kier alpha value is -3.55. The third-order valence-electron chi connectivity index (χ3n) is 5.14. The van der Waals surface area contributed by atoms with Crippen molar-refractivity contribution in [3.05, 3.63) is 65.4 Å². The fourth-order valence-corrected chi connectivity index (χ4v) is 3.79. The number of rotatable bonds is 4. The molecular weight excluding hydrogens is 392 g/mol. The van der Waals surface area contributed by atoms with Crippen LogP contribution in [0.25, 0.3) is 5.57 Å². The molecule has 0 aliphatic carbocycles. The summed E-state index contributed by atoms with van der Waals surface area (Å²) in [7, 11) is 0. The van der Waals surface area contributed by atoms with Gasteiger partial charge in [-0.2, -0.15) is 0 Å². The maximum Gasteiger partial charge on any atom is 0.282 e. The van der Waals surface area contributed by atoms with Gasteiger partial charge in [0, 0.05) is 31.8 Å². The van der Waals surface area contributed by atoms with Gasteiger partial charge in [0.15, 0.2) is 11.6 Å². The van der Waals surface area contributed by atoms with E-state index in [9.17, 15) is 23.2 Å². The van der Waals surface area contributed by atoms with Crippen LogP contribution in [0.1, 0.15) is 25.3 Å². The molecule has 0 unspecified atom stereocenters. The number of likely N-dealkylation sites (tertiary alicyclic amines) is 1. The van der Waals surface area contributed by atoms with E-state index in [1.165, 1.54) is 13.0 Å². The van der Waals surface area contributed by atoms with Crippen LogP contribution < -0.4 is 10.2 Å². The van der Waals surface area contributed by atoms with Gasteiger partial charge >= 0.3 is 0 Å². The first kappa shape index (κ1) is 19.8. The Morgan fingerprint density at radius 2 is 1.60 bits per heavy atom. The van der Waals surface area contributed by atoms with Crippen LogP contribution >= 0.6 is 0 Å². The lowest BCUT2D eigenvalue weighted by Gasteiger charge is -2.20. The Kier molecular flexibility index (Phi) is 5.07. The Labute approximate surface area is 171 Å². The summed E-state index contributed by atoms with van der Waals surface area (Å²) in [6.45, 7) is 2.65. The van der Waals surface area contributed by atoms with Crippen molar-refractivity contribution in [1.82, 2.24) is 4.90 Å². The maximum absolute atomic E-state index is 13.8. The summed E-state index contributed by atoms with van der Waals surface area (Å²) in [5.41, 5.74) is 1.51. The minimum Gasteiger partial charge on any atom is -0.366 e. The highest BCUT2D eigenvalue weighted by molar-refractivity contribution is 6.45. The lowest BCUT2D eigenvalue weighted by Crippen LogP contribution is -2.34. The van der Waals surface area contributed by atoms with E-state index < -0.39 is 23.4 Å². The minimum atomic E-state index is -1.14. The molecule has 1 fully saturated rings. The zero-order chi connectivity index (χ0) is 21.4. The Morgan fingerprint density at radius 3 is 2.20 bits per heavy atom. The van der Waals surface area contributed by atoms with Crippen molar-refractivity contribution in [1.29, 1.82) is 0 Å². The maximum atomic E-state index is 13.8. The molecule has 0 atom stereocenters. The molecule has 0 radical (unpaired) electrons. The van der Waals surface area contributed by atoms with E-state index in [1.807, 2.05) is 4.90 Å². The van der Waals surface area contributed by atoms with Crippen LogP contribution in [0.2, 0.25) is 0 Å². The summed E-state index contributed by atoms with van der Waals surface area (Å²) in [5.74, 6) is -3.58. The molecule has 6 nitrogen and oxygen atoms in total. The van der Waals surface area contributed by atoms with E-state index >= 15 is 0 Å². The topological polar surface area (TPSA) is 69.7 Å². The summed E-state index contributed by atoms with van der Waals surface area (Å²) in [4.78, 5) is 40.5. The van der Waals surface area contributed by atoms with Gasteiger partial charge in [-0.1, -0.05) is 12.1 Å². The van der Waals surface area contributed by atoms with Crippen molar-refractivity contribution in [3.8, 4) is 0 Å². The van der Waals surface area contributed by atoms with Crippen LogP contribution in [-0.2, 0) is 14.4 Å². The molecule has 8 heteroatoms. The second kappa shape index (κ2) is 7.70. The number of imide groups is 1. The first-order chi connectivity index (χ1) is 14.4. The van der Waals surface area contributed by atoms with Gasteiger partial charge in [0.2, 0.25) is 5.91 Å². The molecule has 2 aliphatic heterocycles. The quantitative estimate of drug-likeness (QED) is 0.784. The zero-order valence-corrected chi connectivity index (χ0v) is 16.2. The molecule has 2 aliphatic rings. The summed E-state index contributed by atoms with van der Waals surface area (Å²) < 4.78 is 27.1. The summed E-state index contributed by atoms with van der Waals surface area (Å²) >= 11 is 0.